The Morgan fingerprint density at radius 1 is 0.946 bits per heavy atom. The molecule has 0 N–H and O–H groups in total. The summed E-state index contributed by atoms with van der Waals surface area (Å²) in [5, 5.41) is 4.21. The zero-order valence-corrected chi connectivity index (χ0v) is 20.2. The average molecular weight is 504 g/mol. The third-order valence-corrected chi connectivity index (χ3v) is 5.98. The molecule has 188 valence electrons. The first-order valence-electron chi connectivity index (χ1n) is 11.7. The molecular formula is C27H23F2N5O3. The van der Waals surface area contributed by atoms with Gasteiger partial charge in [-0.15, -0.1) is 5.10 Å². The minimum Gasteiger partial charge on any atom is -0.369 e. The van der Waals surface area contributed by atoms with Gasteiger partial charge in [0.25, 0.3) is 5.56 Å². The van der Waals surface area contributed by atoms with E-state index < -0.39 is 22.9 Å². The second kappa shape index (κ2) is 9.90. The molecular weight excluding hydrogens is 480 g/mol. The van der Waals surface area contributed by atoms with Crippen LogP contribution in [-0.4, -0.2) is 23.9 Å². The summed E-state index contributed by atoms with van der Waals surface area (Å²) in [7, 11) is 0. The number of hydrogen-bond acceptors (Lipinski definition) is 5. The molecule has 0 bridgehead atoms. The van der Waals surface area contributed by atoms with Crippen LogP contribution in [0.2, 0.25) is 0 Å². The lowest BCUT2D eigenvalue weighted by Gasteiger charge is -2.10. The zero-order chi connectivity index (χ0) is 26.1. The Balaban J connectivity index is 1.52. The standard InChI is InChI=1S/C27H23F2N5O3/c1-3-32-24(16-37-15-18-7-5-4-6-8-18)31-34(27(32)36)25-21(29)14-19-22(30-25)11-12-33(26(19)35)23-13-17(2)9-10-20(23)28/h4-14H,3,15-16H2,1-2H3. The Labute approximate surface area is 210 Å². The molecule has 2 aromatic carbocycles. The first kappa shape index (κ1) is 24.3. The molecule has 0 saturated heterocycles. The fraction of sp³-hybridized carbons (Fsp3) is 0.185. The van der Waals surface area contributed by atoms with Gasteiger partial charge in [-0.3, -0.25) is 13.9 Å². The molecule has 3 heterocycles. The van der Waals surface area contributed by atoms with E-state index in [4.69, 9.17) is 4.74 Å². The highest BCUT2D eigenvalue weighted by Gasteiger charge is 2.20. The van der Waals surface area contributed by atoms with Gasteiger partial charge >= 0.3 is 5.69 Å². The molecule has 37 heavy (non-hydrogen) atoms. The van der Waals surface area contributed by atoms with E-state index in [0.29, 0.717) is 19.0 Å². The first-order valence-corrected chi connectivity index (χ1v) is 11.7. The van der Waals surface area contributed by atoms with Crippen LogP contribution in [-0.2, 0) is 24.5 Å². The van der Waals surface area contributed by atoms with Gasteiger partial charge in [0.1, 0.15) is 12.4 Å². The van der Waals surface area contributed by atoms with Crippen LogP contribution in [0, 0.1) is 18.6 Å². The molecule has 0 spiro atoms. The molecule has 0 atom stereocenters. The van der Waals surface area contributed by atoms with Crippen molar-refractivity contribution in [2.24, 2.45) is 0 Å². The number of pyridine rings is 2. The lowest BCUT2D eigenvalue weighted by atomic mass is 10.2. The maximum Gasteiger partial charge on any atom is 0.352 e. The molecule has 0 aliphatic carbocycles. The normalized spacial score (nSPS) is 11.4. The van der Waals surface area contributed by atoms with Crippen molar-refractivity contribution in [3.05, 3.63) is 116 Å². The van der Waals surface area contributed by atoms with Crippen LogP contribution in [0.3, 0.4) is 0 Å². The van der Waals surface area contributed by atoms with Crippen LogP contribution in [0.5, 0.6) is 0 Å². The Hall–Kier alpha value is -4.44. The van der Waals surface area contributed by atoms with E-state index in [1.54, 1.807) is 19.9 Å². The quantitative estimate of drug-likeness (QED) is 0.335. The van der Waals surface area contributed by atoms with Gasteiger partial charge in [0.05, 0.1) is 23.2 Å². The van der Waals surface area contributed by atoms with Crippen LogP contribution in [0.15, 0.2) is 76.4 Å². The van der Waals surface area contributed by atoms with Crippen LogP contribution >= 0.6 is 0 Å². The second-order valence-electron chi connectivity index (χ2n) is 8.51. The molecule has 0 radical (unpaired) electrons. The predicted molar refractivity (Wildman–Crippen MR) is 134 cm³/mol. The molecule has 0 unspecified atom stereocenters. The lowest BCUT2D eigenvalue weighted by Crippen LogP contribution is -2.26. The number of aryl methyl sites for hydroxylation is 1. The van der Waals surface area contributed by atoms with Gasteiger partial charge in [-0.25, -0.2) is 18.6 Å². The van der Waals surface area contributed by atoms with Gasteiger partial charge in [-0.2, -0.15) is 4.68 Å². The Morgan fingerprint density at radius 2 is 1.73 bits per heavy atom. The number of aromatic nitrogens is 5. The van der Waals surface area contributed by atoms with Gasteiger partial charge in [0.15, 0.2) is 17.5 Å². The minimum atomic E-state index is -0.910. The van der Waals surface area contributed by atoms with Crippen LogP contribution in [0.1, 0.15) is 23.9 Å². The van der Waals surface area contributed by atoms with Crippen molar-refractivity contribution in [2.75, 3.05) is 0 Å². The molecule has 5 rings (SSSR count). The van der Waals surface area contributed by atoms with E-state index in [9.17, 15) is 14.0 Å². The SMILES string of the molecule is CCn1c(COCc2ccccc2)nn(-c2nc3ccn(-c4cc(C)ccc4F)c(=O)c3cc2F)c1=O. The summed E-state index contributed by atoms with van der Waals surface area (Å²) >= 11 is 0. The maximum absolute atomic E-state index is 15.2. The van der Waals surface area contributed by atoms with E-state index in [2.05, 4.69) is 10.1 Å². The molecule has 0 aliphatic rings. The van der Waals surface area contributed by atoms with Crippen molar-refractivity contribution < 1.29 is 13.5 Å². The third-order valence-electron chi connectivity index (χ3n) is 5.98. The number of fused-ring (bicyclic) bond motifs is 1. The zero-order valence-electron chi connectivity index (χ0n) is 20.2. The van der Waals surface area contributed by atoms with Crippen molar-refractivity contribution in [3.8, 4) is 11.5 Å². The van der Waals surface area contributed by atoms with E-state index in [-0.39, 0.29) is 29.0 Å². The smallest absolute Gasteiger partial charge is 0.352 e. The van der Waals surface area contributed by atoms with Gasteiger partial charge in [0.2, 0.25) is 0 Å². The van der Waals surface area contributed by atoms with Crippen molar-refractivity contribution >= 4 is 10.9 Å². The number of benzene rings is 2. The Bertz CT molecular complexity index is 1720. The van der Waals surface area contributed by atoms with Gasteiger partial charge in [-0.1, -0.05) is 36.4 Å². The van der Waals surface area contributed by atoms with Crippen molar-refractivity contribution in [3.63, 3.8) is 0 Å². The van der Waals surface area contributed by atoms with Gasteiger partial charge in [0, 0.05) is 12.7 Å². The molecule has 0 saturated carbocycles. The predicted octanol–water partition coefficient (Wildman–Crippen LogP) is 4.06. The lowest BCUT2D eigenvalue weighted by molar-refractivity contribution is 0.0989. The highest BCUT2D eigenvalue weighted by atomic mass is 19.1. The van der Waals surface area contributed by atoms with Crippen molar-refractivity contribution in [2.45, 2.75) is 33.6 Å². The third kappa shape index (κ3) is 4.58. The van der Waals surface area contributed by atoms with E-state index in [1.165, 1.54) is 29.0 Å². The first-order chi connectivity index (χ1) is 17.9. The average Bonchev–Trinajstić information content (AvgIpc) is 3.21. The topological polar surface area (TPSA) is 83.9 Å². The van der Waals surface area contributed by atoms with E-state index in [0.717, 1.165) is 26.4 Å². The largest absolute Gasteiger partial charge is 0.369 e. The number of rotatable bonds is 7. The maximum atomic E-state index is 15.2. The van der Waals surface area contributed by atoms with Gasteiger partial charge < -0.3 is 4.74 Å². The molecule has 0 amide bonds. The molecule has 5 aromatic rings. The molecule has 0 aliphatic heterocycles. The van der Waals surface area contributed by atoms with Crippen LogP contribution in [0.25, 0.3) is 22.4 Å². The highest BCUT2D eigenvalue weighted by molar-refractivity contribution is 5.79. The van der Waals surface area contributed by atoms with E-state index >= 15 is 4.39 Å². The number of hydrogen-bond donors (Lipinski definition) is 0. The summed E-state index contributed by atoms with van der Waals surface area (Å²) in [4.78, 5) is 30.3. The minimum absolute atomic E-state index is 0.0347. The molecule has 10 heteroatoms. The van der Waals surface area contributed by atoms with E-state index in [1.807, 2.05) is 30.3 Å². The summed E-state index contributed by atoms with van der Waals surface area (Å²) in [6.07, 6.45) is 1.37. The van der Waals surface area contributed by atoms with Crippen molar-refractivity contribution in [1.82, 2.24) is 23.9 Å². The fourth-order valence-electron chi connectivity index (χ4n) is 4.11. The number of ether oxygens (including phenoxy) is 1. The summed E-state index contributed by atoms with van der Waals surface area (Å²) in [5.41, 5.74) is 0.700. The van der Waals surface area contributed by atoms with Crippen LogP contribution < -0.4 is 11.2 Å². The highest BCUT2D eigenvalue weighted by Crippen LogP contribution is 2.19. The summed E-state index contributed by atoms with van der Waals surface area (Å²) < 4.78 is 38.7. The van der Waals surface area contributed by atoms with Gasteiger partial charge in [-0.05, 0) is 49.2 Å². The molecule has 8 nitrogen and oxygen atoms in total. The fourth-order valence-corrected chi connectivity index (χ4v) is 4.11. The summed E-state index contributed by atoms with van der Waals surface area (Å²) in [5.74, 6) is -1.52. The summed E-state index contributed by atoms with van der Waals surface area (Å²) in [6, 6.07) is 16.4. The molecule has 3 aromatic heterocycles. The number of halogens is 2. The van der Waals surface area contributed by atoms with Crippen molar-refractivity contribution in [1.29, 1.82) is 0 Å². The van der Waals surface area contributed by atoms with Crippen LogP contribution in [0.4, 0.5) is 8.78 Å². The second-order valence-corrected chi connectivity index (χ2v) is 8.51. The Kier molecular flexibility index (Phi) is 6.49. The number of nitrogens with zero attached hydrogens (tertiary/aromatic N) is 5. The molecule has 0 fully saturated rings. The Morgan fingerprint density at radius 3 is 2.49 bits per heavy atom. The summed E-state index contributed by atoms with van der Waals surface area (Å²) in [6.45, 7) is 4.20. The monoisotopic (exact) mass is 503 g/mol.